The molecule has 1 amide bonds. The van der Waals surface area contributed by atoms with Crippen LogP contribution in [0.4, 0.5) is 5.95 Å². The van der Waals surface area contributed by atoms with Gasteiger partial charge in [-0.05, 0) is 42.0 Å². The number of nitrogens with one attached hydrogen (secondary N) is 2. The van der Waals surface area contributed by atoms with Crippen LogP contribution in [-0.4, -0.2) is 54.2 Å². The Hall–Kier alpha value is -3.38. The van der Waals surface area contributed by atoms with E-state index in [1.54, 1.807) is 47.9 Å². The molecule has 1 aromatic heterocycles. The topological polar surface area (TPSA) is 145 Å². The molecule has 0 bridgehead atoms. The molecular formula is C24H27N5O5S. The van der Waals surface area contributed by atoms with Crippen molar-refractivity contribution in [1.29, 1.82) is 0 Å². The normalized spacial score (nSPS) is 14.6. The Kier molecular flexibility index (Phi) is 7.71. The van der Waals surface area contributed by atoms with Crippen LogP contribution < -0.4 is 15.1 Å². The number of amides is 1. The van der Waals surface area contributed by atoms with Crippen LogP contribution in [0.2, 0.25) is 0 Å². The fourth-order valence-corrected chi connectivity index (χ4v) is 5.43. The van der Waals surface area contributed by atoms with Crippen molar-refractivity contribution >= 4 is 21.9 Å². The molecule has 11 heteroatoms. The second-order valence-electron chi connectivity index (χ2n) is 8.35. The first kappa shape index (κ1) is 24.7. The first-order valence-corrected chi connectivity index (χ1v) is 12.7. The summed E-state index contributed by atoms with van der Waals surface area (Å²) in [5.74, 6) is -0.0341. The second kappa shape index (κ2) is 10.9. The van der Waals surface area contributed by atoms with Crippen LogP contribution in [0.1, 0.15) is 28.8 Å². The van der Waals surface area contributed by atoms with Crippen LogP contribution >= 0.6 is 0 Å². The number of aliphatic hydroxyl groups is 1. The summed E-state index contributed by atoms with van der Waals surface area (Å²) in [5, 5.41) is 18.1. The predicted octanol–water partition coefficient (Wildman–Crippen LogP) is 1.95. The second-order valence-corrected chi connectivity index (χ2v) is 10.1. The molecule has 0 atom stereocenters. The standard InChI is InChI=1S/C24H27N5O5S/c30-16-18-4-3-5-19(12-18)21-6-1-2-7-22(21)35(33,34)27-13-17-8-10-29(11-9-17)24-25-14-20(15-26-24)23(31)28-32/h1-7,12,14-15,17,27,30,32H,8-11,13,16H2,(H,28,31). The minimum atomic E-state index is -3.75. The van der Waals surface area contributed by atoms with Crippen LogP contribution in [0.5, 0.6) is 0 Å². The van der Waals surface area contributed by atoms with Crippen molar-refractivity contribution in [3.63, 3.8) is 0 Å². The molecule has 1 fully saturated rings. The number of aliphatic hydroxyl groups excluding tert-OH is 1. The van der Waals surface area contributed by atoms with Gasteiger partial charge in [0, 0.05) is 37.6 Å². The third-order valence-corrected chi connectivity index (χ3v) is 7.54. The molecule has 184 valence electrons. The molecule has 0 saturated carbocycles. The first-order valence-electron chi connectivity index (χ1n) is 11.2. The highest BCUT2D eigenvalue weighted by Crippen LogP contribution is 2.28. The van der Waals surface area contributed by atoms with Gasteiger partial charge in [0.15, 0.2) is 0 Å². The Morgan fingerprint density at radius 3 is 2.46 bits per heavy atom. The van der Waals surface area contributed by atoms with Gasteiger partial charge in [0.1, 0.15) is 0 Å². The van der Waals surface area contributed by atoms with Gasteiger partial charge in [-0.25, -0.2) is 28.6 Å². The van der Waals surface area contributed by atoms with Crippen molar-refractivity contribution in [2.45, 2.75) is 24.3 Å². The smallest absolute Gasteiger partial charge is 0.277 e. The van der Waals surface area contributed by atoms with Crippen LogP contribution in [-0.2, 0) is 16.6 Å². The highest BCUT2D eigenvalue weighted by Gasteiger charge is 2.25. The molecule has 4 N–H and O–H groups in total. The number of benzene rings is 2. The van der Waals surface area contributed by atoms with E-state index >= 15 is 0 Å². The number of piperidine rings is 1. The summed E-state index contributed by atoms with van der Waals surface area (Å²) in [6, 6.07) is 14.0. The van der Waals surface area contributed by atoms with E-state index in [0.717, 1.165) is 18.4 Å². The van der Waals surface area contributed by atoms with E-state index in [1.165, 1.54) is 12.4 Å². The number of nitrogens with zero attached hydrogens (tertiary/aromatic N) is 3. The van der Waals surface area contributed by atoms with Gasteiger partial charge in [-0.1, -0.05) is 36.4 Å². The quantitative estimate of drug-likeness (QED) is 0.273. The summed E-state index contributed by atoms with van der Waals surface area (Å²) in [4.78, 5) is 22.0. The van der Waals surface area contributed by atoms with Crippen LogP contribution in [0.25, 0.3) is 11.1 Å². The molecule has 1 aliphatic rings. The minimum absolute atomic E-state index is 0.118. The Balaban J connectivity index is 1.38. The van der Waals surface area contributed by atoms with Crippen molar-refractivity contribution < 1.29 is 23.5 Å². The first-order chi connectivity index (χ1) is 16.9. The summed E-state index contributed by atoms with van der Waals surface area (Å²) in [5.41, 5.74) is 3.73. The third kappa shape index (κ3) is 5.82. The number of hydroxylamine groups is 1. The van der Waals surface area contributed by atoms with E-state index in [1.807, 2.05) is 11.0 Å². The molecule has 0 radical (unpaired) electrons. The molecule has 1 aliphatic heterocycles. The maximum atomic E-state index is 13.2. The molecule has 4 rings (SSSR count). The predicted molar refractivity (Wildman–Crippen MR) is 129 cm³/mol. The molecule has 0 aliphatic carbocycles. The number of carbonyl (C=O) groups is 1. The average molecular weight is 498 g/mol. The Morgan fingerprint density at radius 2 is 1.77 bits per heavy atom. The van der Waals surface area contributed by atoms with E-state index in [-0.39, 0.29) is 23.0 Å². The number of hydrogen-bond acceptors (Lipinski definition) is 8. The summed E-state index contributed by atoms with van der Waals surface area (Å²) in [7, 11) is -3.75. The van der Waals surface area contributed by atoms with Gasteiger partial charge in [0.05, 0.1) is 17.1 Å². The summed E-state index contributed by atoms with van der Waals surface area (Å²) in [6.45, 7) is 1.51. The van der Waals surface area contributed by atoms with Crippen molar-refractivity contribution in [3.8, 4) is 11.1 Å². The van der Waals surface area contributed by atoms with E-state index in [2.05, 4.69) is 14.7 Å². The fraction of sp³-hybridized carbons (Fsp3) is 0.292. The minimum Gasteiger partial charge on any atom is -0.392 e. The lowest BCUT2D eigenvalue weighted by atomic mass is 9.97. The van der Waals surface area contributed by atoms with Gasteiger partial charge in [0.2, 0.25) is 16.0 Å². The van der Waals surface area contributed by atoms with E-state index in [4.69, 9.17) is 5.21 Å². The highest BCUT2D eigenvalue weighted by molar-refractivity contribution is 7.89. The van der Waals surface area contributed by atoms with Crippen LogP contribution in [0, 0.1) is 5.92 Å². The zero-order chi connectivity index (χ0) is 24.8. The van der Waals surface area contributed by atoms with Gasteiger partial charge < -0.3 is 10.0 Å². The lowest BCUT2D eigenvalue weighted by molar-refractivity contribution is 0.0705. The molecule has 0 spiro atoms. The number of rotatable bonds is 8. The van der Waals surface area contributed by atoms with E-state index < -0.39 is 15.9 Å². The van der Waals surface area contributed by atoms with Crippen LogP contribution in [0.3, 0.4) is 0 Å². The summed E-state index contributed by atoms with van der Waals surface area (Å²) >= 11 is 0. The number of anilines is 1. The fourth-order valence-electron chi connectivity index (χ4n) is 4.09. The molecular weight excluding hydrogens is 470 g/mol. The highest BCUT2D eigenvalue weighted by atomic mass is 32.2. The maximum absolute atomic E-state index is 13.2. The Labute approximate surface area is 203 Å². The summed E-state index contributed by atoms with van der Waals surface area (Å²) < 4.78 is 29.1. The monoisotopic (exact) mass is 497 g/mol. The molecule has 10 nitrogen and oxygen atoms in total. The van der Waals surface area contributed by atoms with Gasteiger partial charge in [-0.2, -0.15) is 0 Å². The largest absolute Gasteiger partial charge is 0.392 e. The number of sulfonamides is 1. The SMILES string of the molecule is O=C(NO)c1cnc(N2CCC(CNS(=O)(=O)c3ccccc3-c3cccc(CO)c3)CC2)nc1. The van der Waals surface area contributed by atoms with Gasteiger partial charge in [-0.15, -0.1) is 0 Å². The van der Waals surface area contributed by atoms with Crippen molar-refractivity contribution in [1.82, 2.24) is 20.2 Å². The molecule has 35 heavy (non-hydrogen) atoms. The van der Waals surface area contributed by atoms with Gasteiger partial charge in [0.25, 0.3) is 5.91 Å². The van der Waals surface area contributed by atoms with Crippen molar-refractivity contribution in [2.24, 2.45) is 5.92 Å². The molecule has 3 aromatic rings. The lowest BCUT2D eigenvalue weighted by Gasteiger charge is -2.32. The Morgan fingerprint density at radius 1 is 1.06 bits per heavy atom. The number of hydrogen-bond donors (Lipinski definition) is 4. The zero-order valence-electron chi connectivity index (χ0n) is 19.0. The van der Waals surface area contributed by atoms with E-state index in [9.17, 15) is 18.3 Å². The zero-order valence-corrected chi connectivity index (χ0v) is 19.8. The molecule has 1 saturated heterocycles. The van der Waals surface area contributed by atoms with Gasteiger partial charge in [-0.3, -0.25) is 10.0 Å². The summed E-state index contributed by atoms with van der Waals surface area (Å²) in [6.07, 6.45) is 4.21. The Bertz CT molecular complexity index is 1280. The van der Waals surface area contributed by atoms with Gasteiger partial charge >= 0.3 is 0 Å². The maximum Gasteiger partial charge on any atom is 0.277 e. The third-order valence-electron chi connectivity index (χ3n) is 6.06. The molecule has 2 heterocycles. The lowest BCUT2D eigenvalue weighted by Crippen LogP contribution is -2.39. The molecule has 2 aromatic carbocycles. The van der Waals surface area contributed by atoms with E-state index in [0.29, 0.717) is 36.7 Å². The van der Waals surface area contributed by atoms with Crippen molar-refractivity contribution in [2.75, 3.05) is 24.5 Å². The van der Waals surface area contributed by atoms with Crippen LogP contribution in [0.15, 0.2) is 65.8 Å². The average Bonchev–Trinajstić information content (AvgIpc) is 2.92. The molecule has 0 unspecified atom stereocenters. The number of aromatic nitrogens is 2. The van der Waals surface area contributed by atoms with Crippen molar-refractivity contribution in [3.05, 3.63) is 72.1 Å². The number of carbonyl (C=O) groups excluding carboxylic acids is 1.